The number of aromatic nitrogens is 3. The number of carbonyl (C=O) groups excluding carboxylic acids is 1. The molecule has 0 bridgehead atoms. The fraction of sp³-hybridized carbons (Fsp3) is 0.292. The highest BCUT2D eigenvalue weighted by Crippen LogP contribution is 2.34. The second-order valence-electron chi connectivity index (χ2n) is 7.58. The lowest BCUT2D eigenvalue weighted by Gasteiger charge is -2.20. The summed E-state index contributed by atoms with van der Waals surface area (Å²) < 4.78 is 8.43. The van der Waals surface area contributed by atoms with E-state index in [1.165, 1.54) is 11.3 Å². The minimum atomic E-state index is -0.114. The summed E-state index contributed by atoms with van der Waals surface area (Å²) in [6, 6.07) is 13.1. The molecule has 0 N–H and O–H groups in total. The van der Waals surface area contributed by atoms with Crippen LogP contribution in [0.25, 0.3) is 10.2 Å². The zero-order valence-electron chi connectivity index (χ0n) is 18.6. The first-order chi connectivity index (χ1) is 15.4. The Morgan fingerprint density at radius 3 is 2.56 bits per heavy atom. The summed E-state index contributed by atoms with van der Waals surface area (Å²) in [4.78, 5) is 20.1. The summed E-state index contributed by atoms with van der Waals surface area (Å²) >= 11 is 7.79. The van der Waals surface area contributed by atoms with Crippen LogP contribution in [0, 0.1) is 20.8 Å². The lowest BCUT2D eigenvalue weighted by Crippen LogP contribution is -2.34. The van der Waals surface area contributed by atoms with Crippen LogP contribution in [-0.2, 0) is 6.54 Å². The molecule has 8 heteroatoms. The third kappa shape index (κ3) is 4.49. The molecule has 6 nitrogen and oxygen atoms in total. The molecule has 0 saturated carbocycles. The highest BCUT2D eigenvalue weighted by Gasteiger charge is 2.22. The molecule has 2 aromatic carbocycles. The smallest absolute Gasteiger partial charge is 0.260 e. The second-order valence-corrected chi connectivity index (χ2v) is 9.00. The van der Waals surface area contributed by atoms with Crippen molar-refractivity contribution >= 4 is 44.2 Å². The van der Waals surface area contributed by atoms with Crippen LogP contribution in [-0.4, -0.2) is 33.8 Å². The molecule has 0 fully saturated rings. The first kappa shape index (κ1) is 22.3. The van der Waals surface area contributed by atoms with E-state index in [9.17, 15) is 4.79 Å². The molecular weight excluding hydrogens is 444 g/mol. The molecule has 0 radical (unpaired) electrons. The summed E-state index contributed by atoms with van der Waals surface area (Å²) in [6.07, 6.45) is 0. The van der Waals surface area contributed by atoms with Crippen LogP contribution in [0.2, 0.25) is 5.02 Å². The third-order valence-corrected chi connectivity index (χ3v) is 6.72. The van der Waals surface area contributed by atoms with E-state index in [1.54, 1.807) is 17.0 Å². The number of hydrogen-bond acceptors (Lipinski definition) is 5. The SMILES string of the molecule is CCOc1ccc(C(=O)N(CCn2nc(C)cc2C)c2nc3c(C)c(Cl)ccc3s2)cc1. The van der Waals surface area contributed by atoms with E-state index in [-0.39, 0.29) is 5.91 Å². The Bertz CT molecular complexity index is 1260. The van der Waals surface area contributed by atoms with Crippen LogP contribution in [0.1, 0.15) is 34.2 Å². The van der Waals surface area contributed by atoms with Gasteiger partial charge in [0.25, 0.3) is 5.91 Å². The number of halogens is 1. The maximum Gasteiger partial charge on any atom is 0.260 e. The summed E-state index contributed by atoms with van der Waals surface area (Å²) in [5.74, 6) is 0.626. The minimum Gasteiger partial charge on any atom is -0.494 e. The summed E-state index contributed by atoms with van der Waals surface area (Å²) in [5, 5.41) is 5.85. The van der Waals surface area contributed by atoms with Crippen molar-refractivity contribution < 1.29 is 9.53 Å². The van der Waals surface area contributed by atoms with Crippen molar-refractivity contribution in [3.63, 3.8) is 0 Å². The number of amides is 1. The quantitative estimate of drug-likeness (QED) is 0.343. The van der Waals surface area contributed by atoms with Gasteiger partial charge in [-0.3, -0.25) is 14.4 Å². The minimum absolute atomic E-state index is 0.114. The van der Waals surface area contributed by atoms with Crippen molar-refractivity contribution in [2.24, 2.45) is 0 Å². The first-order valence-electron chi connectivity index (χ1n) is 10.5. The Morgan fingerprint density at radius 2 is 1.91 bits per heavy atom. The lowest BCUT2D eigenvalue weighted by atomic mass is 10.2. The van der Waals surface area contributed by atoms with E-state index < -0.39 is 0 Å². The number of thiazole rings is 1. The number of ether oxygens (including phenoxy) is 1. The Kier molecular flexibility index (Phi) is 6.48. The van der Waals surface area contributed by atoms with E-state index in [2.05, 4.69) is 5.10 Å². The van der Waals surface area contributed by atoms with Crippen molar-refractivity contribution in [3.8, 4) is 5.75 Å². The monoisotopic (exact) mass is 468 g/mol. The lowest BCUT2D eigenvalue weighted by molar-refractivity contribution is 0.0985. The molecule has 0 aliphatic heterocycles. The fourth-order valence-corrected chi connectivity index (χ4v) is 4.80. The van der Waals surface area contributed by atoms with Crippen molar-refractivity contribution in [3.05, 3.63) is 70.0 Å². The standard InChI is InChI=1S/C24H25ClN4O2S/c1-5-31-19-8-6-18(7-9-19)23(30)28(12-13-29-16(3)14-15(2)27-29)24-26-22-17(4)20(25)10-11-21(22)32-24/h6-11,14H,5,12-13H2,1-4H3. The van der Waals surface area contributed by atoms with Gasteiger partial charge in [-0.05, 0) is 75.7 Å². The third-order valence-electron chi connectivity index (χ3n) is 5.26. The van der Waals surface area contributed by atoms with Gasteiger partial charge >= 0.3 is 0 Å². The molecule has 4 aromatic rings. The molecule has 166 valence electrons. The van der Waals surface area contributed by atoms with Gasteiger partial charge in [0.1, 0.15) is 5.75 Å². The Labute approximate surface area is 196 Å². The van der Waals surface area contributed by atoms with Gasteiger partial charge in [-0.25, -0.2) is 4.98 Å². The van der Waals surface area contributed by atoms with Crippen molar-refractivity contribution in [1.29, 1.82) is 0 Å². The number of carbonyl (C=O) groups is 1. The van der Waals surface area contributed by atoms with E-state index in [1.807, 2.05) is 62.7 Å². The van der Waals surface area contributed by atoms with Gasteiger partial charge in [0.15, 0.2) is 5.13 Å². The van der Waals surface area contributed by atoms with E-state index in [4.69, 9.17) is 21.3 Å². The normalized spacial score (nSPS) is 11.2. The number of aryl methyl sites for hydroxylation is 3. The number of anilines is 1. The molecule has 0 saturated heterocycles. The Balaban J connectivity index is 1.69. The molecule has 1 amide bonds. The number of rotatable bonds is 7. The Hall–Kier alpha value is -2.90. The molecule has 0 atom stereocenters. The molecule has 32 heavy (non-hydrogen) atoms. The van der Waals surface area contributed by atoms with E-state index in [0.29, 0.717) is 35.4 Å². The van der Waals surface area contributed by atoms with Gasteiger partial charge in [-0.2, -0.15) is 5.10 Å². The van der Waals surface area contributed by atoms with E-state index in [0.717, 1.165) is 32.9 Å². The topological polar surface area (TPSA) is 60.2 Å². The predicted molar refractivity (Wildman–Crippen MR) is 130 cm³/mol. The zero-order chi connectivity index (χ0) is 22.8. The van der Waals surface area contributed by atoms with Gasteiger partial charge in [-0.1, -0.05) is 22.9 Å². The predicted octanol–water partition coefficient (Wildman–Crippen LogP) is 5.82. The van der Waals surface area contributed by atoms with Crippen molar-refractivity contribution in [1.82, 2.24) is 14.8 Å². The average Bonchev–Trinajstić information content (AvgIpc) is 3.34. The summed E-state index contributed by atoms with van der Waals surface area (Å²) in [6.45, 7) is 9.45. The number of hydrogen-bond donors (Lipinski definition) is 0. The van der Waals surface area contributed by atoms with Crippen molar-refractivity contribution in [2.75, 3.05) is 18.1 Å². The largest absolute Gasteiger partial charge is 0.494 e. The van der Waals surface area contributed by atoms with Gasteiger partial charge in [-0.15, -0.1) is 0 Å². The molecular formula is C24H25ClN4O2S. The molecule has 2 heterocycles. The fourth-order valence-electron chi connectivity index (χ4n) is 3.60. The second kappa shape index (κ2) is 9.30. The highest BCUT2D eigenvalue weighted by molar-refractivity contribution is 7.22. The van der Waals surface area contributed by atoms with Crippen LogP contribution >= 0.6 is 22.9 Å². The molecule has 0 unspecified atom stereocenters. The molecule has 4 rings (SSSR count). The van der Waals surface area contributed by atoms with Crippen molar-refractivity contribution in [2.45, 2.75) is 34.2 Å². The van der Waals surface area contributed by atoms with Crippen LogP contribution < -0.4 is 9.64 Å². The van der Waals surface area contributed by atoms with Gasteiger partial charge in [0.05, 0.1) is 29.1 Å². The van der Waals surface area contributed by atoms with Gasteiger partial charge < -0.3 is 4.74 Å². The van der Waals surface area contributed by atoms with Gasteiger partial charge in [0.2, 0.25) is 0 Å². The average molecular weight is 469 g/mol. The maximum atomic E-state index is 13.6. The number of benzene rings is 2. The first-order valence-corrected chi connectivity index (χ1v) is 11.7. The summed E-state index contributed by atoms with van der Waals surface area (Å²) in [5.41, 5.74) is 4.34. The van der Waals surface area contributed by atoms with Crippen LogP contribution in [0.15, 0.2) is 42.5 Å². The van der Waals surface area contributed by atoms with E-state index >= 15 is 0 Å². The van der Waals surface area contributed by atoms with Crippen LogP contribution in [0.5, 0.6) is 5.75 Å². The van der Waals surface area contributed by atoms with Gasteiger partial charge in [0, 0.05) is 22.8 Å². The summed E-state index contributed by atoms with van der Waals surface area (Å²) in [7, 11) is 0. The van der Waals surface area contributed by atoms with Crippen LogP contribution in [0.4, 0.5) is 5.13 Å². The highest BCUT2D eigenvalue weighted by atomic mass is 35.5. The molecule has 0 spiro atoms. The molecule has 0 aliphatic carbocycles. The Morgan fingerprint density at radius 1 is 1.16 bits per heavy atom. The molecule has 2 aromatic heterocycles. The number of fused-ring (bicyclic) bond motifs is 1. The number of nitrogens with zero attached hydrogens (tertiary/aromatic N) is 4. The van der Waals surface area contributed by atoms with Crippen LogP contribution in [0.3, 0.4) is 0 Å². The molecule has 0 aliphatic rings. The zero-order valence-corrected chi connectivity index (χ0v) is 20.1. The maximum absolute atomic E-state index is 13.6.